The van der Waals surface area contributed by atoms with Crippen molar-refractivity contribution in [1.29, 1.82) is 0 Å². The van der Waals surface area contributed by atoms with E-state index in [-0.39, 0.29) is 17.0 Å². The third kappa shape index (κ3) is 5.07. The van der Waals surface area contributed by atoms with Crippen molar-refractivity contribution in [3.8, 4) is 0 Å². The van der Waals surface area contributed by atoms with Crippen molar-refractivity contribution in [2.24, 2.45) is 5.14 Å². The van der Waals surface area contributed by atoms with Gasteiger partial charge in [-0.15, -0.1) is 0 Å². The predicted molar refractivity (Wildman–Crippen MR) is 116 cm³/mol. The summed E-state index contributed by atoms with van der Waals surface area (Å²) < 4.78 is 22.8. The zero-order valence-corrected chi connectivity index (χ0v) is 17.7. The van der Waals surface area contributed by atoms with E-state index in [1.54, 1.807) is 24.1 Å². The summed E-state index contributed by atoms with van der Waals surface area (Å²) in [6.45, 7) is 3.88. The molecule has 1 aliphatic rings. The van der Waals surface area contributed by atoms with Crippen LogP contribution >= 0.6 is 0 Å². The van der Waals surface area contributed by atoms with Gasteiger partial charge in [0.15, 0.2) is 0 Å². The molecule has 0 bridgehead atoms. The van der Waals surface area contributed by atoms with E-state index >= 15 is 0 Å². The Morgan fingerprint density at radius 2 is 1.69 bits per heavy atom. The number of sulfonamides is 1. The Morgan fingerprint density at radius 3 is 2.31 bits per heavy atom. The molecule has 2 amide bonds. The lowest BCUT2D eigenvalue weighted by molar-refractivity contribution is 0.208. The Labute approximate surface area is 172 Å². The van der Waals surface area contributed by atoms with Gasteiger partial charge < -0.3 is 15.1 Å². The molecule has 1 aliphatic heterocycles. The highest BCUT2D eigenvalue weighted by Gasteiger charge is 2.21. The monoisotopic (exact) mass is 416 g/mol. The van der Waals surface area contributed by atoms with Crippen LogP contribution in [0.3, 0.4) is 0 Å². The Balaban J connectivity index is 1.72. The summed E-state index contributed by atoms with van der Waals surface area (Å²) in [5, 5.41) is 8.17. The number of nitrogens with zero attached hydrogens (tertiary/aromatic N) is 2. The molecule has 0 aromatic heterocycles. The van der Waals surface area contributed by atoms with Gasteiger partial charge in [0.05, 0.1) is 22.3 Å². The predicted octanol–water partition coefficient (Wildman–Crippen LogP) is 3.55. The summed E-state index contributed by atoms with van der Waals surface area (Å²) in [7, 11) is -2.02. The maximum Gasteiger partial charge on any atom is 0.322 e. The smallest absolute Gasteiger partial charge is 0.322 e. The summed E-state index contributed by atoms with van der Waals surface area (Å²) in [4.78, 5) is 16.8. The number of nitrogens with one attached hydrogen (secondary N) is 1. The van der Waals surface area contributed by atoms with Crippen molar-refractivity contribution < 1.29 is 13.2 Å². The van der Waals surface area contributed by atoms with Gasteiger partial charge in [-0.1, -0.05) is 24.3 Å². The SMILES string of the molecule is C[C@H](c1ccc(S(N)(=O)=O)cc1)N(C)C(=O)Nc1ccccc1N1CCCCC1. The molecule has 1 atom stereocenters. The van der Waals surface area contributed by atoms with Crippen molar-refractivity contribution in [2.45, 2.75) is 37.1 Å². The average molecular weight is 417 g/mol. The summed E-state index contributed by atoms with van der Waals surface area (Å²) in [5.74, 6) is 0. The Kier molecular flexibility index (Phi) is 6.44. The van der Waals surface area contributed by atoms with Crippen LogP contribution in [0.1, 0.15) is 37.8 Å². The second-order valence-corrected chi connectivity index (χ2v) is 8.96. The minimum atomic E-state index is -3.74. The van der Waals surface area contributed by atoms with Crippen LogP contribution in [0, 0.1) is 0 Å². The molecule has 0 unspecified atom stereocenters. The molecule has 2 aromatic rings. The fourth-order valence-electron chi connectivity index (χ4n) is 3.53. The molecule has 0 saturated carbocycles. The number of nitrogens with two attached hydrogens (primary N) is 1. The van der Waals surface area contributed by atoms with E-state index < -0.39 is 10.0 Å². The molecule has 1 fully saturated rings. The quantitative estimate of drug-likeness (QED) is 0.779. The zero-order chi connectivity index (χ0) is 21.0. The molecule has 0 aliphatic carbocycles. The number of carbonyl (C=O) groups excluding carboxylic acids is 1. The van der Waals surface area contributed by atoms with Gasteiger partial charge in [-0.25, -0.2) is 18.4 Å². The maximum atomic E-state index is 12.9. The van der Waals surface area contributed by atoms with Crippen molar-refractivity contribution in [2.75, 3.05) is 30.4 Å². The number of para-hydroxylation sites is 2. The molecule has 1 saturated heterocycles. The maximum absolute atomic E-state index is 12.9. The molecule has 29 heavy (non-hydrogen) atoms. The van der Waals surface area contributed by atoms with Crippen LogP contribution in [0.2, 0.25) is 0 Å². The van der Waals surface area contributed by atoms with E-state index in [1.165, 1.54) is 18.6 Å². The molecule has 3 N–H and O–H groups in total. The molecule has 3 rings (SSSR count). The average Bonchev–Trinajstić information content (AvgIpc) is 2.73. The molecule has 1 heterocycles. The largest absolute Gasteiger partial charge is 0.370 e. The van der Waals surface area contributed by atoms with Crippen LogP contribution < -0.4 is 15.4 Å². The Hall–Kier alpha value is -2.58. The summed E-state index contributed by atoms with van der Waals surface area (Å²) >= 11 is 0. The number of hydrogen-bond donors (Lipinski definition) is 2. The summed E-state index contributed by atoms with van der Waals surface area (Å²) in [5.41, 5.74) is 2.65. The van der Waals surface area contributed by atoms with E-state index in [2.05, 4.69) is 10.2 Å². The van der Waals surface area contributed by atoms with Crippen LogP contribution in [0.4, 0.5) is 16.2 Å². The lowest BCUT2D eigenvalue weighted by atomic mass is 10.1. The van der Waals surface area contributed by atoms with Crippen LogP contribution in [-0.4, -0.2) is 39.5 Å². The van der Waals surface area contributed by atoms with Crippen LogP contribution in [0.25, 0.3) is 0 Å². The molecular formula is C21H28N4O3S. The number of primary sulfonamides is 1. The number of anilines is 2. The summed E-state index contributed by atoms with van der Waals surface area (Å²) in [6, 6.07) is 13.7. The van der Waals surface area contributed by atoms with Crippen LogP contribution in [0.5, 0.6) is 0 Å². The second kappa shape index (κ2) is 8.84. The highest BCUT2D eigenvalue weighted by atomic mass is 32.2. The van der Waals surface area contributed by atoms with Crippen molar-refractivity contribution in [3.05, 3.63) is 54.1 Å². The Bertz CT molecular complexity index is 954. The standard InChI is InChI=1S/C21H28N4O3S/c1-16(17-10-12-18(13-11-17)29(22,27)28)24(2)21(26)23-19-8-4-5-9-20(19)25-14-6-3-7-15-25/h4-5,8-13,16H,3,6-7,14-15H2,1-2H3,(H,23,26)(H2,22,27,28)/t16-/m1/s1. The van der Waals surface area contributed by atoms with Gasteiger partial charge in [-0.3, -0.25) is 0 Å². The fourth-order valence-corrected chi connectivity index (χ4v) is 4.04. The molecule has 8 heteroatoms. The first kappa shape index (κ1) is 21.1. The molecular weight excluding hydrogens is 388 g/mol. The van der Waals surface area contributed by atoms with Crippen LogP contribution in [0.15, 0.2) is 53.4 Å². The fraction of sp³-hybridized carbons (Fsp3) is 0.381. The molecule has 156 valence electrons. The number of amides is 2. The molecule has 0 spiro atoms. The number of urea groups is 1. The first-order chi connectivity index (χ1) is 13.8. The highest BCUT2D eigenvalue weighted by Crippen LogP contribution is 2.29. The topological polar surface area (TPSA) is 95.7 Å². The van der Waals surface area contributed by atoms with Gasteiger partial charge in [0.2, 0.25) is 10.0 Å². The van der Waals surface area contributed by atoms with E-state index in [1.807, 2.05) is 31.2 Å². The van der Waals surface area contributed by atoms with Gasteiger partial charge in [-0.2, -0.15) is 0 Å². The van der Waals surface area contributed by atoms with E-state index in [0.717, 1.165) is 42.9 Å². The number of carbonyl (C=O) groups is 1. The first-order valence-electron chi connectivity index (χ1n) is 9.78. The number of piperidine rings is 1. The lowest BCUT2D eigenvalue weighted by Crippen LogP contribution is -2.35. The third-order valence-electron chi connectivity index (χ3n) is 5.43. The van der Waals surface area contributed by atoms with E-state index in [9.17, 15) is 13.2 Å². The molecule has 0 radical (unpaired) electrons. The van der Waals surface area contributed by atoms with Crippen molar-refractivity contribution in [1.82, 2.24) is 4.90 Å². The minimum Gasteiger partial charge on any atom is -0.370 e. The van der Waals surface area contributed by atoms with Crippen molar-refractivity contribution in [3.63, 3.8) is 0 Å². The number of hydrogen-bond acceptors (Lipinski definition) is 4. The highest BCUT2D eigenvalue weighted by molar-refractivity contribution is 7.89. The van der Waals surface area contributed by atoms with Crippen molar-refractivity contribution >= 4 is 27.4 Å². The summed E-state index contributed by atoms with van der Waals surface area (Å²) in [6.07, 6.45) is 3.57. The molecule has 7 nitrogen and oxygen atoms in total. The Morgan fingerprint density at radius 1 is 1.07 bits per heavy atom. The van der Waals surface area contributed by atoms with E-state index in [4.69, 9.17) is 5.14 Å². The molecule has 2 aromatic carbocycles. The first-order valence-corrected chi connectivity index (χ1v) is 11.3. The van der Waals surface area contributed by atoms with Crippen LogP contribution in [-0.2, 0) is 10.0 Å². The third-order valence-corrected chi connectivity index (χ3v) is 6.36. The van der Waals surface area contributed by atoms with Gasteiger partial charge in [-0.05, 0) is 56.0 Å². The normalized spacial score (nSPS) is 15.6. The van der Waals surface area contributed by atoms with Gasteiger partial charge in [0.25, 0.3) is 0 Å². The van der Waals surface area contributed by atoms with Gasteiger partial charge >= 0.3 is 6.03 Å². The van der Waals surface area contributed by atoms with E-state index in [0.29, 0.717) is 0 Å². The number of rotatable bonds is 5. The van der Waals surface area contributed by atoms with Gasteiger partial charge in [0.1, 0.15) is 0 Å². The lowest BCUT2D eigenvalue weighted by Gasteiger charge is -2.31. The minimum absolute atomic E-state index is 0.0519. The number of benzene rings is 2. The second-order valence-electron chi connectivity index (χ2n) is 7.40. The zero-order valence-electron chi connectivity index (χ0n) is 16.8. The van der Waals surface area contributed by atoms with Gasteiger partial charge in [0, 0.05) is 20.1 Å².